The molecule has 0 saturated heterocycles. The van der Waals surface area contributed by atoms with Gasteiger partial charge in [-0.25, -0.2) is 0 Å². The summed E-state index contributed by atoms with van der Waals surface area (Å²) in [5.74, 6) is -3.63. The molecule has 0 radical (unpaired) electrons. The van der Waals surface area contributed by atoms with E-state index in [0.717, 1.165) is 0 Å². The van der Waals surface area contributed by atoms with Gasteiger partial charge in [-0.1, -0.05) is 13.8 Å². The van der Waals surface area contributed by atoms with Crippen LogP contribution in [-0.2, 0) is 19.2 Å². The van der Waals surface area contributed by atoms with Crippen molar-refractivity contribution < 1.29 is 34.5 Å². The minimum atomic E-state index is -1.41. The van der Waals surface area contributed by atoms with Crippen LogP contribution in [0, 0.1) is 5.92 Å². The van der Waals surface area contributed by atoms with E-state index in [2.05, 4.69) is 16.0 Å². The number of hydrogen-bond acceptors (Lipinski definition) is 7. The van der Waals surface area contributed by atoms with E-state index in [1.54, 1.807) is 13.8 Å². The van der Waals surface area contributed by atoms with Crippen LogP contribution in [0.5, 0.6) is 0 Å². The van der Waals surface area contributed by atoms with Gasteiger partial charge < -0.3 is 37.0 Å². The van der Waals surface area contributed by atoms with E-state index in [9.17, 15) is 24.3 Å². The van der Waals surface area contributed by atoms with Crippen molar-refractivity contribution in [3.8, 4) is 0 Å². The molecule has 0 aromatic carbocycles. The Kier molecular flexibility index (Phi) is 10.5. The molecule has 0 fully saturated rings. The third-order valence-corrected chi connectivity index (χ3v) is 3.67. The van der Waals surface area contributed by atoms with Crippen LogP contribution in [0.25, 0.3) is 0 Å². The van der Waals surface area contributed by atoms with Crippen molar-refractivity contribution in [1.82, 2.24) is 16.0 Å². The molecule has 0 bridgehead atoms. The summed E-state index contributed by atoms with van der Waals surface area (Å²) in [6.45, 7) is 5.51. The average molecular weight is 390 g/mol. The highest BCUT2D eigenvalue weighted by Gasteiger charge is 2.31. The second kappa shape index (κ2) is 11.5. The molecule has 0 rings (SSSR count). The minimum Gasteiger partial charge on any atom is -0.480 e. The number of aliphatic hydroxyl groups is 2. The number of nitrogens with two attached hydrogens (primary N) is 1. The van der Waals surface area contributed by atoms with Crippen LogP contribution in [0.4, 0.5) is 0 Å². The van der Waals surface area contributed by atoms with Crippen LogP contribution in [0.1, 0.15) is 34.1 Å². The SMILES string of the molecule is CC(C)CC(NC(=O)C(NC(=O)C(N)CO)C(C)O)C(=O)NC(C)C(=O)O. The van der Waals surface area contributed by atoms with Gasteiger partial charge in [-0.3, -0.25) is 19.2 Å². The molecule has 5 atom stereocenters. The second-order valence-corrected chi connectivity index (χ2v) is 6.78. The Labute approximate surface area is 157 Å². The highest BCUT2D eigenvalue weighted by molar-refractivity contribution is 5.94. The highest BCUT2D eigenvalue weighted by Crippen LogP contribution is 2.07. The lowest BCUT2D eigenvalue weighted by atomic mass is 10.0. The first-order valence-corrected chi connectivity index (χ1v) is 8.59. The maximum atomic E-state index is 12.5. The van der Waals surface area contributed by atoms with Crippen LogP contribution >= 0.6 is 0 Å². The number of nitrogens with one attached hydrogen (secondary N) is 3. The summed E-state index contributed by atoms with van der Waals surface area (Å²) < 4.78 is 0. The summed E-state index contributed by atoms with van der Waals surface area (Å²) in [5.41, 5.74) is 5.37. The Hall–Kier alpha value is -2.24. The zero-order valence-corrected chi connectivity index (χ0v) is 15.9. The quantitative estimate of drug-likeness (QED) is 0.198. The number of carboxylic acid groups (broad SMARTS) is 1. The molecule has 0 aromatic heterocycles. The van der Waals surface area contributed by atoms with Gasteiger partial charge in [0.25, 0.3) is 0 Å². The van der Waals surface area contributed by atoms with E-state index in [-0.39, 0.29) is 12.3 Å². The first-order chi connectivity index (χ1) is 12.4. The minimum absolute atomic E-state index is 0.0106. The Morgan fingerprint density at radius 3 is 1.89 bits per heavy atom. The smallest absolute Gasteiger partial charge is 0.325 e. The lowest BCUT2D eigenvalue weighted by molar-refractivity contribution is -0.142. The van der Waals surface area contributed by atoms with Crippen molar-refractivity contribution in [2.45, 2.75) is 64.4 Å². The molecule has 0 heterocycles. The lowest BCUT2D eigenvalue weighted by Crippen LogP contribution is -2.60. The van der Waals surface area contributed by atoms with Gasteiger partial charge >= 0.3 is 5.97 Å². The predicted molar refractivity (Wildman–Crippen MR) is 95.3 cm³/mol. The first-order valence-electron chi connectivity index (χ1n) is 8.59. The van der Waals surface area contributed by atoms with Gasteiger partial charge in [0, 0.05) is 0 Å². The largest absolute Gasteiger partial charge is 0.480 e. The van der Waals surface area contributed by atoms with Crippen molar-refractivity contribution in [2.75, 3.05) is 6.61 Å². The van der Waals surface area contributed by atoms with Gasteiger partial charge in [0.05, 0.1) is 12.7 Å². The molecule has 0 aromatic rings. The molecule has 0 aliphatic heterocycles. The molecule has 156 valence electrons. The third-order valence-electron chi connectivity index (χ3n) is 3.67. The molecule has 5 unspecified atom stereocenters. The Bertz CT molecular complexity index is 539. The molecule has 0 spiro atoms. The van der Waals surface area contributed by atoms with Crippen molar-refractivity contribution in [1.29, 1.82) is 0 Å². The predicted octanol–water partition coefficient (Wildman–Crippen LogP) is -2.71. The molecular formula is C16H30N4O7. The summed E-state index contributed by atoms with van der Waals surface area (Å²) in [7, 11) is 0. The standard InChI is InChI=1S/C16H30N4O7/c1-7(2)5-11(14(24)18-8(3)16(26)27)19-15(25)12(9(4)22)20-13(23)10(17)6-21/h7-12,21-22H,5-6,17H2,1-4H3,(H,18,24)(H,19,25)(H,20,23)(H,26,27). The van der Waals surface area contributed by atoms with Gasteiger partial charge in [0.15, 0.2) is 0 Å². The molecule has 0 aliphatic rings. The Morgan fingerprint density at radius 2 is 1.48 bits per heavy atom. The summed E-state index contributed by atoms with van der Waals surface area (Å²) in [6.07, 6.45) is -1.10. The topological polar surface area (TPSA) is 191 Å². The van der Waals surface area contributed by atoms with Gasteiger partial charge in [-0.05, 0) is 26.2 Å². The molecule has 27 heavy (non-hydrogen) atoms. The number of aliphatic carboxylic acids is 1. The fourth-order valence-electron chi connectivity index (χ4n) is 2.09. The number of carbonyl (C=O) groups is 4. The molecular weight excluding hydrogens is 360 g/mol. The average Bonchev–Trinajstić information content (AvgIpc) is 2.56. The van der Waals surface area contributed by atoms with Crippen molar-refractivity contribution >= 4 is 23.7 Å². The number of carboxylic acids is 1. The monoisotopic (exact) mass is 390 g/mol. The maximum absolute atomic E-state index is 12.5. The van der Waals surface area contributed by atoms with E-state index in [1.165, 1.54) is 13.8 Å². The summed E-state index contributed by atoms with van der Waals surface area (Å²) in [6, 6.07) is -4.90. The van der Waals surface area contributed by atoms with E-state index in [4.69, 9.17) is 15.9 Å². The summed E-state index contributed by atoms with van der Waals surface area (Å²) in [4.78, 5) is 47.4. The van der Waals surface area contributed by atoms with Crippen molar-refractivity contribution in [2.24, 2.45) is 11.7 Å². The van der Waals surface area contributed by atoms with Gasteiger partial charge in [0.2, 0.25) is 17.7 Å². The molecule has 0 saturated carbocycles. The number of carbonyl (C=O) groups excluding carboxylic acids is 3. The first kappa shape index (κ1) is 24.8. The number of rotatable bonds is 11. The van der Waals surface area contributed by atoms with Gasteiger partial charge in [-0.15, -0.1) is 0 Å². The van der Waals surface area contributed by atoms with Crippen LogP contribution in [-0.4, -0.2) is 75.9 Å². The van der Waals surface area contributed by atoms with Gasteiger partial charge in [-0.2, -0.15) is 0 Å². The number of aliphatic hydroxyl groups excluding tert-OH is 2. The van der Waals surface area contributed by atoms with E-state index in [0.29, 0.717) is 0 Å². The molecule has 11 heteroatoms. The van der Waals surface area contributed by atoms with E-state index >= 15 is 0 Å². The maximum Gasteiger partial charge on any atom is 0.325 e. The van der Waals surface area contributed by atoms with Gasteiger partial charge in [0.1, 0.15) is 24.2 Å². The zero-order valence-electron chi connectivity index (χ0n) is 15.9. The van der Waals surface area contributed by atoms with Crippen molar-refractivity contribution in [3.63, 3.8) is 0 Å². The molecule has 11 nitrogen and oxygen atoms in total. The van der Waals surface area contributed by atoms with Crippen LogP contribution < -0.4 is 21.7 Å². The zero-order chi connectivity index (χ0) is 21.3. The Balaban J connectivity index is 5.24. The molecule has 0 aliphatic carbocycles. The lowest BCUT2D eigenvalue weighted by Gasteiger charge is -2.26. The third kappa shape index (κ3) is 8.80. The summed E-state index contributed by atoms with van der Waals surface area (Å²) in [5, 5.41) is 34.5. The molecule has 8 N–H and O–H groups in total. The number of amides is 3. The Morgan fingerprint density at radius 1 is 0.926 bits per heavy atom. The normalized spacial score (nSPS) is 16.6. The second-order valence-electron chi connectivity index (χ2n) is 6.78. The molecule has 3 amide bonds. The van der Waals surface area contributed by atoms with Crippen LogP contribution in [0.15, 0.2) is 0 Å². The van der Waals surface area contributed by atoms with Crippen LogP contribution in [0.3, 0.4) is 0 Å². The number of hydrogen-bond donors (Lipinski definition) is 7. The fourth-order valence-corrected chi connectivity index (χ4v) is 2.09. The van der Waals surface area contributed by atoms with E-state index < -0.39 is 60.6 Å². The van der Waals surface area contributed by atoms with E-state index in [1.807, 2.05) is 0 Å². The highest BCUT2D eigenvalue weighted by atomic mass is 16.4. The van der Waals surface area contributed by atoms with Crippen molar-refractivity contribution in [3.05, 3.63) is 0 Å². The summed E-state index contributed by atoms with van der Waals surface area (Å²) >= 11 is 0. The fraction of sp³-hybridized carbons (Fsp3) is 0.750. The van der Waals surface area contributed by atoms with Crippen LogP contribution in [0.2, 0.25) is 0 Å².